The molecule has 0 unspecified atom stereocenters. The maximum absolute atomic E-state index is 12.0. The van der Waals surface area contributed by atoms with Crippen LogP contribution in [0.15, 0.2) is 30.3 Å². The van der Waals surface area contributed by atoms with Crippen molar-refractivity contribution in [2.24, 2.45) is 0 Å². The second-order valence-electron chi connectivity index (χ2n) is 6.37. The van der Waals surface area contributed by atoms with Crippen LogP contribution in [0.2, 0.25) is 0 Å². The lowest BCUT2D eigenvalue weighted by Crippen LogP contribution is -2.92. The van der Waals surface area contributed by atoms with Crippen LogP contribution in [0.4, 0.5) is 4.79 Å². The SMILES string of the molecule is C[C@@H]([NH2+][C@H](C)c1ccccc1)C(=O)NC(=O)NC(C)(C)C. The minimum absolute atomic E-state index is 0.151. The maximum atomic E-state index is 12.0. The third-order valence-corrected chi connectivity index (χ3v) is 3.04. The van der Waals surface area contributed by atoms with Gasteiger partial charge in [0.2, 0.25) is 0 Å². The first-order valence-electron chi connectivity index (χ1n) is 7.22. The molecule has 1 rings (SSSR count). The number of hydrogen-bond acceptors (Lipinski definition) is 2. The minimum Gasteiger partial charge on any atom is -0.333 e. The lowest BCUT2D eigenvalue weighted by Gasteiger charge is -2.21. The number of nitrogens with two attached hydrogens (primary N) is 1. The van der Waals surface area contributed by atoms with Gasteiger partial charge in [0.15, 0.2) is 6.04 Å². The third-order valence-electron chi connectivity index (χ3n) is 3.04. The van der Waals surface area contributed by atoms with Gasteiger partial charge in [-0.15, -0.1) is 0 Å². The molecule has 21 heavy (non-hydrogen) atoms. The molecule has 116 valence electrons. The molecule has 1 aromatic carbocycles. The molecule has 0 aliphatic rings. The van der Waals surface area contributed by atoms with E-state index >= 15 is 0 Å². The van der Waals surface area contributed by atoms with E-state index in [0.717, 1.165) is 5.56 Å². The highest BCUT2D eigenvalue weighted by Crippen LogP contribution is 2.06. The smallest absolute Gasteiger partial charge is 0.322 e. The molecule has 0 fully saturated rings. The Morgan fingerprint density at radius 1 is 1.10 bits per heavy atom. The lowest BCUT2D eigenvalue weighted by molar-refractivity contribution is -0.710. The number of quaternary nitrogens is 1. The van der Waals surface area contributed by atoms with E-state index in [4.69, 9.17) is 0 Å². The fraction of sp³-hybridized carbons (Fsp3) is 0.500. The zero-order valence-electron chi connectivity index (χ0n) is 13.4. The predicted octanol–water partition coefficient (Wildman–Crippen LogP) is 1.32. The van der Waals surface area contributed by atoms with Crippen molar-refractivity contribution in [1.29, 1.82) is 0 Å². The highest BCUT2D eigenvalue weighted by Gasteiger charge is 2.23. The Morgan fingerprint density at radius 3 is 2.19 bits per heavy atom. The van der Waals surface area contributed by atoms with Crippen molar-refractivity contribution < 1.29 is 14.9 Å². The highest BCUT2D eigenvalue weighted by molar-refractivity contribution is 5.96. The van der Waals surface area contributed by atoms with Gasteiger partial charge in [-0.3, -0.25) is 10.1 Å². The molecule has 0 bridgehead atoms. The van der Waals surface area contributed by atoms with E-state index in [2.05, 4.69) is 10.6 Å². The van der Waals surface area contributed by atoms with Gasteiger partial charge >= 0.3 is 6.03 Å². The number of carbonyl (C=O) groups excluding carboxylic acids is 2. The Labute approximate surface area is 126 Å². The summed E-state index contributed by atoms with van der Waals surface area (Å²) in [6.07, 6.45) is 0. The van der Waals surface area contributed by atoms with Gasteiger partial charge in [0.1, 0.15) is 6.04 Å². The molecule has 5 nitrogen and oxygen atoms in total. The normalized spacial score (nSPS) is 14.1. The third kappa shape index (κ3) is 6.40. The largest absolute Gasteiger partial charge is 0.333 e. The summed E-state index contributed by atoms with van der Waals surface area (Å²) in [5, 5.41) is 7.02. The Bertz CT molecular complexity index is 480. The van der Waals surface area contributed by atoms with E-state index in [1.807, 2.05) is 63.3 Å². The van der Waals surface area contributed by atoms with Crippen LogP contribution in [-0.2, 0) is 4.79 Å². The Morgan fingerprint density at radius 2 is 1.67 bits per heavy atom. The van der Waals surface area contributed by atoms with E-state index in [1.54, 1.807) is 6.92 Å². The van der Waals surface area contributed by atoms with Crippen molar-refractivity contribution in [2.75, 3.05) is 0 Å². The molecule has 0 aliphatic heterocycles. The molecule has 0 saturated carbocycles. The van der Waals surface area contributed by atoms with Gasteiger partial charge in [-0.05, 0) is 34.6 Å². The van der Waals surface area contributed by atoms with Gasteiger partial charge in [0.05, 0.1) is 0 Å². The summed E-state index contributed by atoms with van der Waals surface area (Å²) in [6.45, 7) is 9.42. The number of imide groups is 1. The lowest BCUT2D eigenvalue weighted by atomic mass is 10.1. The minimum atomic E-state index is -0.458. The summed E-state index contributed by atoms with van der Waals surface area (Å²) in [7, 11) is 0. The van der Waals surface area contributed by atoms with Gasteiger partial charge in [0, 0.05) is 11.1 Å². The van der Waals surface area contributed by atoms with E-state index < -0.39 is 6.03 Å². The summed E-state index contributed by atoms with van der Waals surface area (Å²) >= 11 is 0. The van der Waals surface area contributed by atoms with E-state index in [-0.39, 0.29) is 23.5 Å². The second-order valence-corrected chi connectivity index (χ2v) is 6.37. The van der Waals surface area contributed by atoms with Crippen LogP contribution in [-0.4, -0.2) is 23.5 Å². The molecule has 0 aliphatic carbocycles. The zero-order chi connectivity index (χ0) is 16.0. The highest BCUT2D eigenvalue weighted by atomic mass is 16.2. The van der Waals surface area contributed by atoms with Gasteiger partial charge in [-0.1, -0.05) is 30.3 Å². The number of carbonyl (C=O) groups is 2. The van der Waals surface area contributed by atoms with Crippen molar-refractivity contribution in [1.82, 2.24) is 10.6 Å². The van der Waals surface area contributed by atoms with Gasteiger partial charge in [-0.25, -0.2) is 4.79 Å². The fourth-order valence-corrected chi connectivity index (χ4v) is 1.99. The number of urea groups is 1. The van der Waals surface area contributed by atoms with Gasteiger partial charge in [0.25, 0.3) is 5.91 Å². The Balaban J connectivity index is 2.50. The molecule has 3 amide bonds. The molecule has 0 heterocycles. The van der Waals surface area contributed by atoms with E-state index in [1.165, 1.54) is 0 Å². The van der Waals surface area contributed by atoms with Crippen molar-refractivity contribution in [3.63, 3.8) is 0 Å². The molecular formula is C16H26N3O2+. The first kappa shape index (κ1) is 17.2. The van der Waals surface area contributed by atoms with Gasteiger partial charge in [-0.2, -0.15) is 0 Å². The quantitative estimate of drug-likeness (QED) is 0.783. The topological polar surface area (TPSA) is 74.8 Å². The molecule has 0 spiro atoms. The van der Waals surface area contributed by atoms with Gasteiger partial charge < -0.3 is 10.6 Å². The van der Waals surface area contributed by atoms with Crippen molar-refractivity contribution in [2.45, 2.75) is 52.2 Å². The first-order chi connectivity index (χ1) is 9.69. The molecule has 0 aromatic heterocycles. The molecule has 5 heteroatoms. The maximum Gasteiger partial charge on any atom is 0.322 e. The monoisotopic (exact) mass is 292 g/mol. The molecule has 0 saturated heterocycles. The van der Waals surface area contributed by atoms with E-state index in [0.29, 0.717) is 0 Å². The fourth-order valence-electron chi connectivity index (χ4n) is 1.99. The van der Waals surface area contributed by atoms with Crippen molar-refractivity contribution >= 4 is 11.9 Å². The molecule has 1 aromatic rings. The number of hydrogen-bond donors (Lipinski definition) is 3. The van der Waals surface area contributed by atoms with Crippen LogP contribution in [0.3, 0.4) is 0 Å². The van der Waals surface area contributed by atoms with Crippen LogP contribution < -0.4 is 16.0 Å². The van der Waals surface area contributed by atoms with Crippen LogP contribution >= 0.6 is 0 Å². The summed E-state index contributed by atoms with van der Waals surface area (Å²) in [4.78, 5) is 23.7. The van der Waals surface area contributed by atoms with Crippen LogP contribution in [0, 0.1) is 0 Å². The summed E-state index contributed by atoms with van der Waals surface area (Å²) in [5.41, 5.74) is 0.783. The van der Waals surface area contributed by atoms with Crippen molar-refractivity contribution in [3.05, 3.63) is 35.9 Å². The first-order valence-corrected chi connectivity index (χ1v) is 7.22. The number of amides is 3. The average Bonchev–Trinajstić information content (AvgIpc) is 2.37. The molecule has 0 radical (unpaired) electrons. The molecule has 4 N–H and O–H groups in total. The zero-order valence-corrected chi connectivity index (χ0v) is 13.4. The number of nitrogens with one attached hydrogen (secondary N) is 2. The second kappa shape index (κ2) is 7.22. The Hall–Kier alpha value is -1.88. The van der Waals surface area contributed by atoms with Crippen LogP contribution in [0.5, 0.6) is 0 Å². The summed E-state index contributed by atoms with van der Waals surface area (Å²) in [6, 6.07) is 9.31. The number of rotatable bonds is 4. The number of benzene rings is 1. The van der Waals surface area contributed by atoms with Crippen LogP contribution in [0.1, 0.15) is 46.2 Å². The van der Waals surface area contributed by atoms with E-state index in [9.17, 15) is 9.59 Å². The Kier molecular flexibility index (Phi) is 5.90. The average molecular weight is 292 g/mol. The predicted molar refractivity (Wildman–Crippen MR) is 82.7 cm³/mol. The summed E-state index contributed by atoms with van der Waals surface area (Å²) < 4.78 is 0. The molecular weight excluding hydrogens is 266 g/mol. The standard InChI is InChI=1S/C16H25N3O2/c1-11(13-9-7-6-8-10-13)17-12(2)14(20)18-15(21)19-16(3,4)5/h6-12,17H,1-5H3,(H2,18,19,20,21)/p+1/t11-,12-/m1/s1. The molecule has 2 atom stereocenters. The summed E-state index contributed by atoms with van der Waals surface area (Å²) in [5.74, 6) is -0.292. The van der Waals surface area contributed by atoms with Crippen molar-refractivity contribution in [3.8, 4) is 0 Å². The van der Waals surface area contributed by atoms with Crippen LogP contribution in [0.25, 0.3) is 0 Å².